The number of rotatable bonds is 1. The Hall–Kier alpha value is 0.480. The van der Waals surface area contributed by atoms with Crippen LogP contribution in [-0.4, -0.2) is 4.83 Å². The zero-order chi connectivity index (χ0) is 7.19. The molecule has 2 unspecified atom stereocenters. The molecule has 1 heteroatoms. The predicted octanol–water partition coefficient (Wildman–Crippen LogP) is 3.35. The van der Waals surface area contributed by atoms with Gasteiger partial charge in [-0.05, 0) is 37.0 Å². The Morgan fingerprint density at radius 1 is 1.30 bits per heavy atom. The monoisotopic (exact) mass is 202 g/mol. The molecule has 0 heterocycles. The number of halogens is 1. The van der Waals surface area contributed by atoms with Gasteiger partial charge in [0, 0.05) is 4.83 Å². The average molecular weight is 203 g/mol. The fraction of sp³-hybridized carbons (Fsp3) is 1.00. The summed E-state index contributed by atoms with van der Waals surface area (Å²) in [6.45, 7) is 2.47. The lowest BCUT2D eigenvalue weighted by Gasteiger charge is -2.52. The van der Waals surface area contributed by atoms with Crippen molar-refractivity contribution < 1.29 is 0 Å². The van der Waals surface area contributed by atoms with Crippen LogP contribution in [0.15, 0.2) is 0 Å². The second-order valence-corrected chi connectivity index (χ2v) is 5.38. The summed E-state index contributed by atoms with van der Waals surface area (Å²) in [7, 11) is 0. The molecular weight excluding hydrogens is 188 g/mol. The van der Waals surface area contributed by atoms with Crippen LogP contribution in [0.3, 0.4) is 0 Å². The fourth-order valence-corrected chi connectivity index (χ4v) is 3.52. The van der Waals surface area contributed by atoms with Gasteiger partial charge >= 0.3 is 0 Å². The van der Waals surface area contributed by atoms with Gasteiger partial charge < -0.3 is 0 Å². The topological polar surface area (TPSA) is 0 Å². The van der Waals surface area contributed by atoms with Crippen molar-refractivity contribution in [3.63, 3.8) is 0 Å². The van der Waals surface area contributed by atoms with E-state index in [1.807, 2.05) is 0 Å². The molecule has 0 aromatic rings. The minimum absolute atomic E-state index is 0.742. The maximum atomic E-state index is 3.74. The van der Waals surface area contributed by atoms with Crippen molar-refractivity contribution in [2.75, 3.05) is 0 Å². The lowest BCUT2D eigenvalue weighted by atomic mass is 9.56. The van der Waals surface area contributed by atoms with E-state index in [4.69, 9.17) is 0 Å². The molecule has 10 heavy (non-hydrogen) atoms. The smallest absolute Gasteiger partial charge is 0.0179 e. The molecule has 2 saturated carbocycles. The van der Waals surface area contributed by atoms with Crippen molar-refractivity contribution in [1.29, 1.82) is 0 Å². The van der Waals surface area contributed by atoms with Gasteiger partial charge in [0.15, 0.2) is 0 Å². The molecule has 2 aliphatic rings. The zero-order valence-corrected chi connectivity index (χ0v) is 8.15. The summed E-state index contributed by atoms with van der Waals surface area (Å²) in [6, 6.07) is 0. The second kappa shape index (κ2) is 2.23. The summed E-state index contributed by atoms with van der Waals surface area (Å²) < 4.78 is 0. The van der Waals surface area contributed by atoms with Crippen LogP contribution < -0.4 is 0 Å². The summed E-state index contributed by atoms with van der Waals surface area (Å²) in [5.74, 6) is 1.02. The first-order valence-electron chi connectivity index (χ1n) is 4.36. The first-order chi connectivity index (χ1) is 4.72. The van der Waals surface area contributed by atoms with Crippen LogP contribution >= 0.6 is 15.9 Å². The molecule has 0 radical (unpaired) electrons. The largest absolute Gasteiger partial charge is 0.0887 e. The van der Waals surface area contributed by atoms with E-state index < -0.39 is 0 Å². The normalized spacial score (nSPS) is 43.8. The minimum atomic E-state index is 0.742. The SMILES string of the molecule is CC1(C2CCC2Br)CCC1. The molecule has 0 aliphatic heterocycles. The Morgan fingerprint density at radius 2 is 2.00 bits per heavy atom. The van der Waals surface area contributed by atoms with Gasteiger partial charge in [0.1, 0.15) is 0 Å². The molecule has 2 rings (SSSR count). The van der Waals surface area contributed by atoms with E-state index in [1.165, 1.54) is 32.1 Å². The highest BCUT2D eigenvalue weighted by atomic mass is 79.9. The molecule has 0 amide bonds. The molecule has 2 aliphatic carbocycles. The highest BCUT2D eigenvalue weighted by Gasteiger charge is 2.46. The molecule has 0 spiro atoms. The van der Waals surface area contributed by atoms with Crippen LogP contribution in [0.1, 0.15) is 39.0 Å². The third-order valence-corrected chi connectivity index (χ3v) is 4.68. The van der Waals surface area contributed by atoms with E-state index >= 15 is 0 Å². The third kappa shape index (κ3) is 0.861. The Balaban J connectivity index is 1.97. The molecule has 58 valence electrons. The van der Waals surface area contributed by atoms with Crippen molar-refractivity contribution in [3.8, 4) is 0 Å². The van der Waals surface area contributed by atoms with Crippen molar-refractivity contribution in [2.24, 2.45) is 11.3 Å². The Kier molecular flexibility index (Phi) is 1.59. The molecule has 2 fully saturated rings. The Labute approximate surface area is 71.5 Å². The van der Waals surface area contributed by atoms with Gasteiger partial charge in [-0.1, -0.05) is 29.3 Å². The quantitative estimate of drug-likeness (QED) is 0.573. The first kappa shape index (κ1) is 7.15. The second-order valence-electron chi connectivity index (χ2n) is 4.21. The van der Waals surface area contributed by atoms with E-state index in [1.54, 1.807) is 0 Å². The van der Waals surface area contributed by atoms with Gasteiger partial charge in [0.25, 0.3) is 0 Å². The van der Waals surface area contributed by atoms with Crippen molar-refractivity contribution >= 4 is 15.9 Å². The van der Waals surface area contributed by atoms with Gasteiger partial charge in [0.05, 0.1) is 0 Å². The number of hydrogen-bond acceptors (Lipinski definition) is 0. The van der Waals surface area contributed by atoms with Gasteiger partial charge in [-0.3, -0.25) is 0 Å². The van der Waals surface area contributed by atoms with E-state index in [2.05, 4.69) is 22.9 Å². The highest BCUT2D eigenvalue weighted by Crippen LogP contribution is 2.55. The average Bonchev–Trinajstić information content (AvgIpc) is 1.81. The molecular formula is C9H15Br. The Morgan fingerprint density at radius 3 is 2.10 bits per heavy atom. The van der Waals surface area contributed by atoms with Crippen LogP contribution in [0.4, 0.5) is 0 Å². The summed E-state index contributed by atoms with van der Waals surface area (Å²) in [6.07, 6.45) is 7.35. The molecule has 0 aromatic heterocycles. The maximum Gasteiger partial charge on any atom is 0.0179 e. The first-order valence-corrected chi connectivity index (χ1v) is 5.28. The van der Waals surface area contributed by atoms with Gasteiger partial charge in [-0.25, -0.2) is 0 Å². The maximum absolute atomic E-state index is 3.74. The van der Waals surface area contributed by atoms with E-state index in [9.17, 15) is 0 Å². The van der Waals surface area contributed by atoms with Crippen LogP contribution in [-0.2, 0) is 0 Å². The van der Waals surface area contributed by atoms with Crippen LogP contribution in [0.25, 0.3) is 0 Å². The molecule has 0 nitrogen and oxygen atoms in total. The third-order valence-electron chi connectivity index (χ3n) is 3.58. The standard InChI is InChI=1S/C9H15Br/c1-9(5-2-6-9)7-3-4-8(7)10/h7-8H,2-6H2,1H3. The molecule has 0 aromatic carbocycles. The number of alkyl halides is 1. The molecule has 2 atom stereocenters. The van der Waals surface area contributed by atoms with E-state index in [-0.39, 0.29) is 0 Å². The van der Waals surface area contributed by atoms with Crippen LogP contribution in [0, 0.1) is 11.3 Å². The van der Waals surface area contributed by atoms with Crippen molar-refractivity contribution in [2.45, 2.75) is 43.9 Å². The zero-order valence-electron chi connectivity index (χ0n) is 6.57. The molecule has 0 saturated heterocycles. The summed E-state index contributed by atoms with van der Waals surface area (Å²) >= 11 is 3.74. The summed E-state index contributed by atoms with van der Waals surface area (Å²) in [5.41, 5.74) is 0.742. The molecule has 0 bridgehead atoms. The van der Waals surface area contributed by atoms with Crippen molar-refractivity contribution in [1.82, 2.24) is 0 Å². The Bertz CT molecular complexity index is 138. The highest BCUT2D eigenvalue weighted by molar-refractivity contribution is 9.09. The number of hydrogen-bond donors (Lipinski definition) is 0. The fourth-order valence-electron chi connectivity index (χ4n) is 2.35. The summed E-state index contributed by atoms with van der Waals surface area (Å²) in [4.78, 5) is 0.859. The van der Waals surface area contributed by atoms with Gasteiger partial charge in [0.2, 0.25) is 0 Å². The minimum Gasteiger partial charge on any atom is -0.0887 e. The van der Waals surface area contributed by atoms with Gasteiger partial charge in [-0.15, -0.1) is 0 Å². The lowest BCUT2D eigenvalue weighted by molar-refractivity contribution is 0.0288. The predicted molar refractivity (Wildman–Crippen MR) is 47.4 cm³/mol. The van der Waals surface area contributed by atoms with Crippen molar-refractivity contribution in [3.05, 3.63) is 0 Å². The molecule has 0 N–H and O–H groups in total. The van der Waals surface area contributed by atoms with E-state index in [0.717, 1.165) is 16.2 Å². The van der Waals surface area contributed by atoms with Crippen LogP contribution in [0.5, 0.6) is 0 Å². The van der Waals surface area contributed by atoms with Crippen LogP contribution in [0.2, 0.25) is 0 Å². The van der Waals surface area contributed by atoms with Gasteiger partial charge in [-0.2, -0.15) is 0 Å². The lowest BCUT2D eigenvalue weighted by Crippen LogP contribution is -2.44. The van der Waals surface area contributed by atoms with E-state index in [0.29, 0.717) is 0 Å². The summed E-state index contributed by atoms with van der Waals surface area (Å²) in [5, 5.41) is 0.